The highest BCUT2D eigenvalue weighted by molar-refractivity contribution is 7.22. The number of aromatic nitrogens is 1. The van der Waals surface area contributed by atoms with E-state index in [0.29, 0.717) is 33.4 Å². The maximum Gasteiger partial charge on any atom is 0.301 e. The molecule has 2 N–H and O–H groups in total. The molecule has 0 spiro atoms. The van der Waals surface area contributed by atoms with E-state index in [1.807, 2.05) is 24.3 Å². The van der Waals surface area contributed by atoms with Crippen molar-refractivity contribution in [2.24, 2.45) is 0 Å². The van der Waals surface area contributed by atoms with Crippen molar-refractivity contribution in [3.63, 3.8) is 0 Å². The lowest BCUT2D eigenvalue weighted by Gasteiger charge is -2.23. The van der Waals surface area contributed by atoms with Crippen LogP contribution in [0.25, 0.3) is 16.0 Å². The van der Waals surface area contributed by atoms with Gasteiger partial charge < -0.3 is 14.9 Å². The molecular weight excluding hydrogens is 488 g/mol. The number of aliphatic hydroxyl groups excluding tert-OH is 1. The van der Waals surface area contributed by atoms with Gasteiger partial charge in [0.2, 0.25) is 0 Å². The first-order chi connectivity index (χ1) is 16.9. The third kappa shape index (κ3) is 4.00. The van der Waals surface area contributed by atoms with E-state index in [-0.39, 0.29) is 22.8 Å². The van der Waals surface area contributed by atoms with Gasteiger partial charge in [-0.1, -0.05) is 41.1 Å². The summed E-state index contributed by atoms with van der Waals surface area (Å²) in [5.41, 5.74) is 1.40. The fourth-order valence-electron chi connectivity index (χ4n) is 4.04. The monoisotopic (exact) mass is 506 g/mol. The second-order valence-corrected chi connectivity index (χ2v) is 9.25. The number of carbonyl (C=O) groups is 2. The van der Waals surface area contributed by atoms with Crippen molar-refractivity contribution >= 4 is 55.7 Å². The van der Waals surface area contributed by atoms with E-state index in [1.54, 1.807) is 43.3 Å². The number of thiazole rings is 1. The number of carbonyl (C=O) groups excluding carboxylic acids is 2. The standard InChI is InChI=1S/C26H19ClN2O5S/c1-2-34-19-13-15(9-12-18(19)30)22-21(23(31)14-7-10-16(27)11-8-14)24(32)25(33)29(22)26-28-17-5-3-4-6-20(17)35-26/h3-13,22,30-31H,2H2,1H3/t22-/m1/s1. The molecule has 0 bridgehead atoms. The molecule has 1 aliphatic rings. The van der Waals surface area contributed by atoms with Gasteiger partial charge in [0.25, 0.3) is 5.78 Å². The Bertz CT molecular complexity index is 1460. The van der Waals surface area contributed by atoms with E-state index in [0.717, 1.165) is 4.70 Å². The van der Waals surface area contributed by atoms with E-state index in [4.69, 9.17) is 16.3 Å². The Morgan fingerprint density at radius 1 is 1.11 bits per heavy atom. The predicted molar refractivity (Wildman–Crippen MR) is 135 cm³/mol. The highest BCUT2D eigenvalue weighted by Gasteiger charge is 2.48. The molecule has 5 rings (SSSR count). The minimum absolute atomic E-state index is 0.0785. The first-order valence-corrected chi connectivity index (χ1v) is 12.0. The number of amides is 1. The molecule has 1 aliphatic heterocycles. The number of anilines is 1. The molecule has 35 heavy (non-hydrogen) atoms. The van der Waals surface area contributed by atoms with Crippen LogP contribution in [-0.2, 0) is 9.59 Å². The molecule has 4 aromatic rings. The quantitative estimate of drug-likeness (QED) is 0.205. The number of nitrogens with zero attached hydrogens (tertiary/aromatic N) is 2. The van der Waals surface area contributed by atoms with Crippen molar-refractivity contribution in [2.75, 3.05) is 11.5 Å². The number of benzene rings is 3. The fourth-order valence-corrected chi connectivity index (χ4v) is 5.16. The summed E-state index contributed by atoms with van der Waals surface area (Å²) in [6.07, 6.45) is 0. The summed E-state index contributed by atoms with van der Waals surface area (Å²) in [5, 5.41) is 22.2. The normalized spacial score (nSPS) is 17.3. The number of halogens is 1. The van der Waals surface area contributed by atoms with Crippen LogP contribution >= 0.6 is 22.9 Å². The van der Waals surface area contributed by atoms with Gasteiger partial charge in [-0.05, 0) is 61.0 Å². The number of phenols is 1. The lowest BCUT2D eigenvalue weighted by molar-refractivity contribution is -0.132. The number of ketones is 1. The second kappa shape index (κ2) is 9.05. The second-order valence-electron chi connectivity index (χ2n) is 7.80. The summed E-state index contributed by atoms with van der Waals surface area (Å²) < 4.78 is 6.38. The Hall–Kier alpha value is -3.88. The van der Waals surface area contributed by atoms with Crippen molar-refractivity contribution in [1.29, 1.82) is 0 Å². The number of Topliss-reactive ketones (excluding diaryl/α,β-unsaturated/α-hetero) is 1. The Morgan fingerprint density at radius 3 is 2.57 bits per heavy atom. The van der Waals surface area contributed by atoms with E-state index in [9.17, 15) is 19.8 Å². The SMILES string of the molecule is CCOc1cc([C@@H]2C(=C(O)c3ccc(Cl)cc3)C(=O)C(=O)N2c2nc3ccccc3s2)ccc1O. The maximum atomic E-state index is 13.3. The number of phenolic OH excluding ortho intramolecular Hbond substituents is 1. The predicted octanol–water partition coefficient (Wildman–Crippen LogP) is 5.68. The highest BCUT2D eigenvalue weighted by atomic mass is 35.5. The van der Waals surface area contributed by atoms with Gasteiger partial charge in [-0.25, -0.2) is 4.98 Å². The van der Waals surface area contributed by atoms with E-state index < -0.39 is 17.7 Å². The third-order valence-corrected chi connectivity index (χ3v) is 6.94. The van der Waals surface area contributed by atoms with Crippen LogP contribution in [0, 0.1) is 0 Å². The molecule has 2 heterocycles. The summed E-state index contributed by atoms with van der Waals surface area (Å²) in [7, 11) is 0. The van der Waals surface area contributed by atoms with Crippen molar-refractivity contribution in [2.45, 2.75) is 13.0 Å². The molecule has 0 radical (unpaired) electrons. The van der Waals surface area contributed by atoms with Gasteiger partial charge in [0, 0.05) is 10.6 Å². The molecule has 3 aromatic carbocycles. The largest absolute Gasteiger partial charge is 0.507 e. The molecule has 1 amide bonds. The Balaban J connectivity index is 1.74. The molecule has 0 saturated carbocycles. The van der Waals surface area contributed by atoms with Crippen LogP contribution in [0.1, 0.15) is 24.1 Å². The topological polar surface area (TPSA) is 100.0 Å². The molecular formula is C26H19ClN2O5S. The zero-order chi connectivity index (χ0) is 24.7. The lowest BCUT2D eigenvalue weighted by atomic mass is 9.95. The molecule has 1 aromatic heterocycles. The Labute approximate surface area is 209 Å². The van der Waals surface area contributed by atoms with Gasteiger partial charge in [0.15, 0.2) is 16.6 Å². The lowest BCUT2D eigenvalue weighted by Crippen LogP contribution is -2.29. The average molecular weight is 507 g/mol. The minimum Gasteiger partial charge on any atom is -0.507 e. The van der Waals surface area contributed by atoms with Gasteiger partial charge in [-0.3, -0.25) is 14.5 Å². The molecule has 1 atom stereocenters. The molecule has 1 saturated heterocycles. The van der Waals surface area contributed by atoms with Crippen LogP contribution in [0.15, 0.2) is 72.3 Å². The molecule has 176 valence electrons. The van der Waals surface area contributed by atoms with Crippen LogP contribution in [0.2, 0.25) is 5.02 Å². The zero-order valence-electron chi connectivity index (χ0n) is 18.4. The van der Waals surface area contributed by atoms with Gasteiger partial charge in [-0.2, -0.15) is 0 Å². The summed E-state index contributed by atoms with van der Waals surface area (Å²) in [4.78, 5) is 32.5. The van der Waals surface area contributed by atoms with Crippen LogP contribution in [0.5, 0.6) is 11.5 Å². The van der Waals surface area contributed by atoms with Crippen LogP contribution in [0.3, 0.4) is 0 Å². The van der Waals surface area contributed by atoms with Gasteiger partial charge in [0.1, 0.15) is 5.76 Å². The third-order valence-electron chi connectivity index (χ3n) is 5.65. The number of para-hydroxylation sites is 1. The number of hydrogen-bond donors (Lipinski definition) is 2. The van der Waals surface area contributed by atoms with Crippen molar-refractivity contribution in [3.8, 4) is 11.5 Å². The number of hydrogen-bond acceptors (Lipinski definition) is 7. The summed E-state index contributed by atoms with van der Waals surface area (Å²) >= 11 is 7.25. The first-order valence-electron chi connectivity index (χ1n) is 10.8. The number of fused-ring (bicyclic) bond motifs is 1. The van der Waals surface area contributed by atoms with Crippen LogP contribution < -0.4 is 9.64 Å². The summed E-state index contributed by atoms with van der Waals surface area (Å²) in [6, 6.07) is 17.3. The molecule has 1 fully saturated rings. The zero-order valence-corrected chi connectivity index (χ0v) is 20.0. The van der Waals surface area contributed by atoms with E-state index >= 15 is 0 Å². The molecule has 0 aliphatic carbocycles. The molecule has 9 heteroatoms. The van der Waals surface area contributed by atoms with Gasteiger partial charge >= 0.3 is 5.91 Å². The number of aliphatic hydroxyl groups is 1. The minimum atomic E-state index is -0.994. The Morgan fingerprint density at radius 2 is 1.86 bits per heavy atom. The van der Waals surface area contributed by atoms with E-state index in [1.165, 1.54) is 22.3 Å². The smallest absolute Gasteiger partial charge is 0.301 e. The van der Waals surface area contributed by atoms with Crippen LogP contribution in [0.4, 0.5) is 5.13 Å². The maximum absolute atomic E-state index is 13.3. The summed E-state index contributed by atoms with van der Waals surface area (Å²) in [6.45, 7) is 2.08. The Kier molecular flexibility index (Phi) is 5.92. The van der Waals surface area contributed by atoms with E-state index in [2.05, 4.69) is 4.98 Å². The average Bonchev–Trinajstić information content (AvgIpc) is 3.39. The molecule has 0 unspecified atom stereocenters. The summed E-state index contributed by atoms with van der Waals surface area (Å²) in [5.74, 6) is -1.86. The first kappa shape index (κ1) is 22.9. The van der Waals surface area contributed by atoms with Crippen molar-refractivity contribution in [3.05, 3.63) is 88.5 Å². The van der Waals surface area contributed by atoms with Crippen LogP contribution in [-0.4, -0.2) is 33.5 Å². The number of rotatable bonds is 5. The van der Waals surface area contributed by atoms with Crippen molar-refractivity contribution in [1.82, 2.24) is 4.98 Å². The van der Waals surface area contributed by atoms with Gasteiger partial charge in [-0.15, -0.1) is 0 Å². The fraction of sp³-hybridized carbons (Fsp3) is 0.115. The van der Waals surface area contributed by atoms with Crippen molar-refractivity contribution < 1.29 is 24.5 Å². The number of ether oxygens (including phenoxy) is 1. The highest BCUT2D eigenvalue weighted by Crippen LogP contribution is 2.45. The molecule has 7 nitrogen and oxygen atoms in total. The number of aromatic hydroxyl groups is 1. The van der Waals surface area contributed by atoms with Gasteiger partial charge in [0.05, 0.1) is 28.4 Å².